The summed E-state index contributed by atoms with van der Waals surface area (Å²) in [5, 5.41) is 14.0. The Morgan fingerprint density at radius 2 is 1.92 bits per heavy atom. The Bertz CT molecular complexity index is 946. The molecule has 25 heavy (non-hydrogen) atoms. The summed E-state index contributed by atoms with van der Waals surface area (Å²) >= 11 is 0. The molecular formula is C15H15F3N2O4S. The van der Waals surface area contributed by atoms with Crippen molar-refractivity contribution in [3.05, 3.63) is 40.6 Å². The molecule has 0 saturated heterocycles. The first kappa shape index (κ1) is 19.0. The Labute approximate surface area is 141 Å². The number of aryl methyl sites for hydroxylation is 2. The molecule has 1 aromatic carbocycles. The minimum Gasteiger partial charge on any atom is -0.493 e. The van der Waals surface area contributed by atoms with Crippen molar-refractivity contribution in [2.45, 2.75) is 31.5 Å². The number of aromatic nitrogens is 2. The smallest absolute Gasteiger partial charge is 0.416 e. The number of benzene rings is 1. The fourth-order valence-corrected chi connectivity index (χ4v) is 3.28. The van der Waals surface area contributed by atoms with E-state index in [9.17, 15) is 31.5 Å². The first-order valence-electron chi connectivity index (χ1n) is 7.10. The lowest BCUT2D eigenvalue weighted by Crippen LogP contribution is -2.13. The number of ketones is 1. The third kappa shape index (κ3) is 3.53. The fraction of sp³-hybridized carbons (Fsp3) is 0.333. The summed E-state index contributed by atoms with van der Waals surface area (Å²) in [6.07, 6.45) is -4.05. The SMILES string of the molecule is CCn1nc(C)c(C(=O)c2ccc(C(F)(F)F)cc2S(C)(=O)=O)c1O. The average Bonchev–Trinajstić information content (AvgIpc) is 2.78. The molecule has 1 N–H and O–H groups in total. The number of aromatic hydroxyl groups is 1. The first-order chi connectivity index (χ1) is 11.4. The van der Waals surface area contributed by atoms with E-state index in [-0.39, 0.29) is 17.8 Å². The van der Waals surface area contributed by atoms with E-state index >= 15 is 0 Å². The molecule has 136 valence electrons. The molecule has 1 heterocycles. The highest BCUT2D eigenvalue weighted by atomic mass is 32.2. The molecule has 0 bridgehead atoms. The number of carbonyl (C=O) groups excluding carboxylic acids is 1. The number of rotatable bonds is 4. The van der Waals surface area contributed by atoms with Gasteiger partial charge in [0.25, 0.3) is 0 Å². The largest absolute Gasteiger partial charge is 0.493 e. The summed E-state index contributed by atoms with van der Waals surface area (Å²) in [5.41, 5.74) is -1.74. The van der Waals surface area contributed by atoms with Gasteiger partial charge >= 0.3 is 6.18 Å². The number of carbonyl (C=O) groups is 1. The topological polar surface area (TPSA) is 89.3 Å². The van der Waals surface area contributed by atoms with Gasteiger partial charge in [0, 0.05) is 18.4 Å². The van der Waals surface area contributed by atoms with Gasteiger partial charge in [0.2, 0.25) is 11.7 Å². The highest BCUT2D eigenvalue weighted by Crippen LogP contribution is 2.33. The molecule has 6 nitrogen and oxygen atoms in total. The minimum absolute atomic E-state index is 0.142. The van der Waals surface area contributed by atoms with E-state index < -0.39 is 43.7 Å². The van der Waals surface area contributed by atoms with Crippen LogP contribution in [0.2, 0.25) is 0 Å². The van der Waals surface area contributed by atoms with E-state index in [0.717, 1.165) is 10.7 Å². The summed E-state index contributed by atoms with van der Waals surface area (Å²) in [6, 6.07) is 1.83. The molecule has 0 atom stereocenters. The van der Waals surface area contributed by atoms with E-state index in [4.69, 9.17) is 0 Å². The lowest BCUT2D eigenvalue weighted by molar-refractivity contribution is -0.137. The van der Waals surface area contributed by atoms with E-state index in [1.165, 1.54) is 6.92 Å². The molecule has 10 heteroatoms. The quantitative estimate of drug-likeness (QED) is 0.829. The van der Waals surface area contributed by atoms with Crippen molar-refractivity contribution in [1.29, 1.82) is 0 Å². The van der Waals surface area contributed by atoms with Crippen molar-refractivity contribution in [1.82, 2.24) is 9.78 Å². The van der Waals surface area contributed by atoms with Crippen LogP contribution in [0, 0.1) is 6.92 Å². The summed E-state index contributed by atoms with van der Waals surface area (Å²) in [5.74, 6) is -1.38. The van der Waals surface area contributed by atoms with Crippen molar-refractivity contribution in [3.8, 4) is 5.88 Å². The Hall–Kier alpha value is -2.36. The maximum Gasteiger partial charge on any atom is 0.416 e. The van der Waals surface area contributed by atoms with Gasteiger partial charge in [0.15, 0.2) is 9.84 Å². The highest BCUT2D eigenvalue weighted by Gasteiger charge is 2.34. The summed E-state index contributed by atoms with van der Waals surface area (Å²) in [4.78, 5) is 11.9. The first-order valence-corrected chi connectivity index (χ1v) is 8.99. The minimum atomic E-state index is -4.76. The number of sulfone groups is 1. The molecular weight excluding hydrogens is 361 g/mol. The van der Waals surface area contributed by atoms with Crippen molar-refractivity contribution in [2.75, 3.05) is 6.26 Å². The van der Waals surface area contributed by atoms with Crippen LogP contribution in [0.15, 0.2) is 23.1 Å². The van der Waals surface area contributed by atoms with E-state index in [0.29, 0.717) is 18.4 Å². The molecule has 0 aliphatic heterocycles. The Kier molecular flexibility index (Phi) is 4.69. The second-order valence-electron chi connectivity index (χ2n) is 5.41. The van der Waals surface area contributed by atoms with Crippen LogP contribution in [0.3, 0.4) is 0 Å². The van der Waals surface area contributed by atoms with Gasteiger partial charge in [-0.1, -0.05) is 0 Å². The number of nitrogens with zero attached hydrogens (tertiary/aromatic N) is 2. The highest BCUT2D eigenvalue weighted by molar-refractivity contribution is 7.90. The maximum atomic E-state index is 12.9. The van der Waals surface area contributed by atoms with Gasteiger partial charge in [0.1, 0.15) is 5.56 Å². The number of alkyl halides is 3. The van der Waals surface area contributed by atoms with E-state index in [1.54, 1.807) is 6.92 Å². The third-order valence-electron chi connectivity index (χ3n) is 3.58. The molecule has 2 rings (SSSR count). The van der Waals surface area contributed by atoms with Crippen LogP contribution in [0.25, 0.3) is 0 Å². The fourth-order valence-electron chi connectivity index (χ4n) is 2.38. The van der Waals surface area contributed by atoms with Gasteiger partial charge < -0.3 is 5.11 Å². The third-order valence-corrected chi connectivity index (χ3v) is 4.72. The van der Waals surface area contributed by atoms with Crippen LogP contribution in [-0.4, -0.2) is 35.3 Å². The van der Waals surface area contributed by atoms with Crippen LogP contribution >= 0.6 is 0 Å². The van der Waals surface area contributed by atoms with Gasteiger partial charge in [-0.05, 0) is 32.0 Å². The molecule has 1 aromatic heterocycles. The summed E-state index contributed by atoms with van der Waals surface area (Å²) in [7, 11) is -4.12. The lowest BCUT2D eigenvalue weighted by atomic mass is 10.0. The van der Waals surface area contributed by atoms with Gasteiger partial charge in [-0.15, -0.1) is 0 Å². The number of hydrogen-bond donors (Lipinski definition) is 1. The van der Waals surface area contributed by atoms with Crippen LogP contribution in [-0.2, 0) is 22.6 Å². The molecule has 0 aliphatic rings. The molecule has 0 aliphatic carbocycles. The number of halogens is 3. The van der Waals surface area contributed by atoms with Crippen LogP contribution in [0.4, 0.5) is 13.2 Å². The molecule has 0 spiro atoms. The second-order valence-corrected chi connectivity index (χ2v) is 7.39. The normalized spacial score (nSPS) is 12.4. The standard InChI is InChI=1S/C15H15F3N2O4S/c1-4-20-14(22)12(8(2)19-20)13(21)10-6-5-9(15(16,17)18)7-11(10)25(3,23)24/h5-7,22H,4H2,1-3H3. The molecule has 0 amide bonds. The predicted octanol–water partition coefficient (Wildman–Crippen LogP) is 2.57. The zero-order valence-electron chi connectivity index (χ0n) is 13.5. The summed E-state index contributed by atoms with van der Waals surface area (Å²) < 4.78 is 63.5. The Morgan fingerprint density at radius 1 is 1.32 bits per heavy atom. The number of hydrogen-bond acceptors (Lipinski definition) is 5. The van der Waals surface area contributed by atoms with E-state index in [1.807, 2.05) is 0 Å². The molecule has 0 saturated carbocycles. The van der Waals surface area contributed by atoms with Gasteiger partial charge in [-0.3, -0.25) is 4.79 Å². The average molecular weight is 376 g/mol. The zero-order chi connectivity index (χ0) is 19.2. The van der Waals surface area contributed by atoms with Crippen molar-refractivity contribution in [2.24, 2.45) is 0 Å². The van der Waals surface area contributed by atoms with Crippen LogP contribution in [0.1, 0.15) is 34.1 Å². The zero-order valence-corrected chi connectivity index (χ0v) is 14.4. The van der Waals surface area contributed by atoms with Crippen molar-refractivity contribution in [3.63, 3.8) is 0 Å². The van der Waals surface area contributed by atoms with Gasteiger partial charge in [-0.2, -0.15) is 18.3 Å². The van der Waals surface area contributed by atoms with Gasteiger partial charge in [0.05, 0.1) is 16.2 Å². The molecule has 0 fully saturated rings. The van der Waals surface area contributed by atoms with Crippen molar-refractivity contribution >= 4 is 15.6 Å². The van der Waals surface area contributed by atoms with Gasteiger partial charge in [-0.25, -0.2) is 13.1 Å². The second kappa shape index (κ2) is 6.17. The lowest BCUT2D eigenvalue weighted by Gasteiger charge is -2.12. The van der Waals surface area contributed by atoms with Crippen molar-refractivity contribution < 1.29 is 31.5 Å². The Morgan fingerprint density at radius 3 is 2.36 bits per heavy atom. The monoisotopic (exact) mass is 376 g/mol. The predicted molar refractivity (Wildman–Crippen MR) is 82.3 cm³/mol. The molecule has 0 unspecified atom stereocenters. The molecule has 0 radical (unpaired) electrons. The Balaban J connectivity index is 2.71. The van der Waals surface area contributed by atoms with Crippen LogP contribution < -0.4 is 0 Å². The maximum absolute atomic E-state index is 12.9. The molecule has 2 aromatic rings. The summed E-state index contributed by atoms with van der Waals surface area (Å²) in [6.45, 7) is 3.36. The van der Waals surface area contributed by atoms with Crippen LogP contribution in [0.5, 0.6) is 5.88 Å². The van der Waals surface area contributed by atoms with E-state index in [2.05, 4.69) is 5.10 Å².